The Balaban J connectivity index is 2.10. The van der Waals surface area contributed by atoms with Crippen LogP contribution in [0.3, 0.4) is 0 Å². The van der Waals surface area contributed by atoms with Crippen LogP contribution in [0.1, 0.15) is 5.56 Å². The quantitative estimate of drug-likeness (QED) is 0.601. The maximum atomic E-state index is 13.5. The number of benzene rings is 1. The van der Waals surface area contributed by atoms with Gasteiger partial charge in [-0.25, -0.2) is 9.69 Å². The van der Waals surface area contributed by atoms with Crippen molar-refractivity contribution in [3.8, 4) is 5.75 Å². The first-order valence-corrected chi connectivity index (χ1v) is 8.36. The van der Waals surface area contributed by atoms with E-state index in [1.165, 1.54) is 0 Å². The van der Waals surface area contributed by atoms with Crippen LogP contribution < -0.4 is 9.64 Å². The smallest absolute Gasteiger partial charge is 0.432 e. The summed E-state index contributed by atoms with van der Waals surface area (Å²) in [6.07, 6.45) is 0.971. The van der Waals surface area contributed by atoms with Gasteiger partial charge in [0.05, 0.1) is 31.7 Å². The van der Waals surface area contributed by atoms with E-state index < -0.39 is 47.0 Å². The number of ether oxygens (including phenoxy) is 2. The molecule has 10 heteroatoms. The molecule has 1 aliphatic heterocycles. The lowest BCUT2D eigenvalue weighted by atomic mass is 9.91. The molecule has 0 radical (unpaired) electrons. The molecule has 1 aromatic rings. The van der Waals surface area contributed by atoms with E-state index in [0.717, 1.165) is 30.2 Å². The molecule has 29 heavy (non-hydrogen) atoms. The minimum Gasteiger partial charge on any atom is -0.495 e. The Bertz CT molecular complexity index is 908. The van der Waals surface area contributed by atoms with Crippen LogP contribution in [0.25, 0.3) is 0 Å². The number of carbonyl (C=O) groups excluding carboxylic acids is 3. The molecule has 2 amide bonds. The fraction of sp³-hybridized carbons (Fsp3) is 0.316. The zero-order chi connectivity index (χ0) is 21.6. The van der Waals surface area contributed by atoms with Gasteiger partial charge in [-0.15, -0.1) is 0 Å². The van der Waals surface area contributed by atoms with Crippen LogP contribution in [0.2, 0.25) is 0 Å². The van der Waals surface area contributed by atoms with Gasteiger partial charge in [-0.1, -0.05) is 30.4 Å². The average Bonchev–Trinajstić information content (AvgIpc) is 2.96. The molecule has 0 unspecified atom stereocenters. The standard InChI is InChI=1S/C19H16F3NO6/c1-28-14-9-10(18(27,17(26)29-2)19(20,21)22)7-8-13(14)23-15(24)11-5-3-4-6-12(11)16(23)25/h3-9,11-12,27H,1-2H3/t11-,12-,18-/m1/s1. The first-order chi connectivity index (χ1) is 13.6. The maximum absolute atomic E-state index is 13.5. The van der Waals surface area contributed by atoms with E-state index >= 15 is 0 Å². The van der Waals surface area contributed by atoms with E-state index in [2.05, 4.69) is 4.74 Å². The number of anilines is 1. The number of carbonyl (C=O) groups is 3. The first-order valence-electron chi connectivity index (χ1n) is 8.36. The zero-order valence-corrected chi connectivity index (χ0v) is 15.3. The molecular weight excluding hydrogens is 395 g/mol. The summed E-state index contributed by atoms with van der Waals surface area (Å²) in [4.78, 5) is 37.9. The minimum absolute atomic E-state index is 0.100. The van der Waals surface area contributed by atoms with Crippen molar-refractivity contribution in [3.63, 3.8) is 0 Å². The molecule has 1 aromatic carbocycles. The van der Waals surface area contributed by atoms with Gasteiger partial charge in [-0.3, -0.25) is 9.59 Å². The highest BCUT2D eigenvalue weighted by Gasteiger charge is 2.62. The summed E-state index contributed by atoms with van der Waals surface area (Å²) in [6.45, 7) is 0. The van der Waals surface area contributed by atoms with Crippen molar-refractivity contribution < 1.29 is 42.1 Å². The summed E-state index contributed by atoms with van der Waals surface area (Å²) < 4.78 is 49.6. The Hall–Kier alpha value is -3.14. The Kier molecular flexibility index (Phi) is 4.99. The molecule has 1 fully saturated rings. The molecule has 0 saturated carbocycles. The Morgan fingerprint density at radius 3 is 2.07 bits per heavy atom. The minimum atomic E-state index is -5.39. The second-order valence-corrected chi connectivity index (χ2v) is 6.42. The Labute approximate surface area is 163 Å². The van der Waals surface area contributed by atoms with Crippen LogP contribution in [0.4, 0.5) is 18.9 Å². The van der Waals surface area contributed by atoms with Gasteiger partial charge in [0.15, 0.2) is 0 Å². The van der Waals surface area contributed by atoms with Gasteiger partial charge in [0.1, 0.15) is 5.75 Å². The van der Waals surface area contributed by atoms with Crippen molar-refractivity contribution >= 4 is 23.5 Å². The second-order valence-electron chi connectivity index (χ2n) is 6.42. The molecular formula is C19H16F3NO6. The summed E-state index contributed by atoms with van der Waals surface area (Å²) in [7, 11) is 1.82. The summed E-state index contributed by atoms with van der Waals surface area (Å²) in [5, 5.41) is 10.1. The largest absolute Gasteiger partial charge is 0.495 e. The third-order valence-corrected chi connectivity index (χ3v) is 4.88. The third-order valence-electron chi connectivity index (χ3n) is 4.88. The second kappa shape index (κ2) is 7.03. The lowest BCUT2D eigenvalue weighted by Crippen LogP contribution is -2.49. The lowest BCUT2D eigenvalue weighted by Gasteiger charge is -2.29. The van der Waals surface area contributed by atoms with Crippen LogP contribution in [-0.4, -0.2) is 43.3 Å². The van der Waals surface area contributed by atoms with Crippen molar-refractivity contribution in [1.29, 1.82) is 0 Å². The molecule has 1 saturated heterocycles. The number of esters is 1. The van der Waals surface area contributed by atoms with Gasteiger partial charge in [0.25, 0.3) is 5.60 Å². The molecule has 2 aliphatic rings. The van der Waals surface area contributed by atoms with Gasteiger partial charge in [-0.2, -0.15) is 13.2 Å². The van der Waals surface area contributed by atoms with Crippen molar-refractivity contribution in [2.24, 2.45) is 11.8 Å². The Morgan fingerprint density at radius 2 is 1.62 bits per heavy atom. The molecule has 1 heterocycles. The summed E-state index contributed by atoms with van der Waals surface area (Å²) in [5.41, 5.74) is -4.93. The van der Waals surface area contributed by atoms with Crippen LogP contribution in [0, 0.1) is 11.8 Å². The van der Waals surface area contributed by atoms with E-state index in [9.17, 15) is 32.7 Å². The van der Waals surface area contributed by atoms with Gasteiger partial charge in [-0.05, 0) is 12.1 Å². The van der Waals surface area contributed by atoms with Crippen LogP contribution in [-0.2, 0) is 24.7 Å². The van der Waals surface area contributed by atoms with Crippen molar-refractivity contribution in [2.45, 2.75) is 11.8 Å². The zero-order valence-electron chi connectivity index (χ0n) is 15.3. The number of alkyl halides is 3. The number of imide groups is 1. The van der Waals surface area contributed by atoms with E-state index in [0.29, 0.717) is 7.11 Å². The van der Waals surface area contributed by atoms with E-state index in [1.807, 2.05) is 0 Å². The number of hydrogen-bond donors (Lipinski definition) is 1. The highest BCUT2D eigenvalue weighted by molar-refractivity contribution is 6.24. The molecule has 1 N–H and O–H groups in total. The lowest BCUT2D eigenvalue weighted by molar-refractivity contribution is -0.266. The highest BCUT2D eigenvalue weighted by atomic mass is 19.4. The molecule has 154 valence electrons. The first kappa shape index (κ1) is 20.6. The normalized spacial score (nSPS) is 23.0. The number of amides is 2. The molecule has 7 nitrogen and oxygen atoms in total. The summed E-state index contributed by atoms with van der Waals surface area (Å²) in [5.74, 6) is -4.81. The van der Waals surface area contributed by atoms with Crippen LogP contribution >= 0.6 is 0 Å². The van der Waals surface area contributed by atoms with Gasteiger partial charge in [0, 0.05) is 5.56 Å². The summed E-state index contributed by atoms with van der Waals surface area (Å²) >= 11 is 0. The number of fused-ring (bicyclic) bond motifs is 1. The monoisotopic (exact) mass is 411 g/mol. The van der Waals surface area contributed by atoms with Crippen molar-refractivity contribution in [2.75, 3.05) is 19.1 Å². The van der Waals surface area contributed by atoms with E-state index in [-0.39, 0.29) is 11.4 Å². The molecule has 0 spiro atoms. The highest BCUT2D eigenvalue weighted by Crippen LogP contribution is 2.44. The fourth-order valence-corrected chi connectivity index (χ4v) is 3.36. The predicted molar refractivity (Wildman–Crippen MR) is 92.7 cm³/mol. The number of hydrogen-bond acceptors (Lipinski definition) is 6. The van der Waals surface area contributed by atoms with Crippen LogP contribution in [0.5, 0.6) is 5.75 Å². The average molecular weight is 411 g/mol. The fourth-order valence-electron chi connectivity index (χ4n) is 3.36. The van der Waals surface area contributed by atoms with Crippen molar-refractivity contribution in [3.05, 3.63) is 48.1 Å². The van der Waals surface area contributed by atoms with E-state index in [1.54, 1.807) is 24.3 Å². The molecule has 0 aromatic heterocycles. The summed E-state index contributed by atoms with van der Waals surface area (Å²) in [6, 6.07) is 2.54. The third kappa shape index (κ3) is 3.00. The number of aliphatic hydroxyl groups is 1. The number of methoxy groups -OCH3 is 2. The maximum Gasteiger partial charge on any atom is 0.432 e. The van der Waals surface area contributed by atoms with Crippen LogP contribution in [0.15, 0.2) is 42.5 Å². The predicted octanol–water partition coefficient (Wildman–Crippen LogP) is 1.85. The topological polar surface area (TPSA) is 93.1 Å². The molecule has 3 atom stereocenters. The number of allylic oxidation sites excluding steroid dienone is 2. The van der Waals surface area contributed by atoms with Crippen molar-refractivity contribution in [1.82, 2.24) is 0 Å². The molecule has 0 bridgehead atoms. The number of halogens is 3. The number of rotatable bonds is 4. The Morgan fingerprint density at radius 1 is 1.07 bits per heavy atom. The van der Waals surface area contributed by atoms with Gasteiger partial charge < -0.3 is 14.6 Å². The SMILES string of the molecule is COC(=O)[C@](O)(c1ccc(N2C(=O)[C@@H]3C=CC=C[C@H]3C2=O)c(OC)c1)C(F)(F)F. The molecule has 1 aliphatic carbocycles. The molecule has 3 rings (SSSR count). The van der Waals surface area contributed by atoms with Gasteiger partial charge >= 0.3 is 12.1 Å². The number of nitrogens with zero attached hydrogens (tertiary/aromatic N) is 1. The van der Waals surface area contributed by atoms with Gasteiger partial charge in [0.2, 0.25) is 11.8 Å². The van der Waals surface area contributed by atoms with E-state index in [4.69, 9.17) is 4.74 Å².